The van der Waals surface area contributed by atoms with Crippen LogP contribution in [0.25, 0.3) is 16.7 Å². The Morgan fingerprint density at radius 3 is 2.79 bits per heavy atom. The van der Waals surface area contributed by atoms with Crippen molar-refractivity contribution in [3.8, 4) is 0 Å². The van der Waals surface area contributed by atoms with Crippen molar-refractivity contribution < 1.29 is 0 Å². The molecule has 0 atom stereocenters. The third-order valence-corrected chi connectivity index (χ3v) is 5.05. The molecule has 2 aromatic heterocycles. The number of benzene rings is 1. The average Bonchev–Trinajstić information content (AvgIpc) is 3.38. The summed E-state index contributed by atoms with van der Waals surface area (Å²) in [6.45, 7) is 3.35. The van der Waals surface area contributed by atoms with E-state index in [0.717, 1.165) is 11.9 Å². The van der Waals surface area contributed by atoms with Crippen LogP contribution >= 0.6 is 12.2 Å². The van der Waals surface area contributed by atoms with Gasteiger partial charge in [-0.1, -0.05) is 19.1 Å². The molecule has 0 radical (unpaired) electrons. The summed E-state index contributed by atoms with van der Waals surface area (Å²) in [4.78, 5) is 15.1. The van der Waals surface area contributed by atoms with E-state index >= 15 is 0 Å². The molecule has 6 nitrogen and oxygen atoms in total. The predicted molar refractivity (Wildman–Crippen MR) is 96.9 cm³/mol. The summed E-state index contributed by atoms with van der Waals surface area (Å²) in [5.41, 5.74) is 0.831. The fourth-order valence-corrected chi connectivity index (χ4v) is 3.51. The van der Waals surface area contributed by atoms with Gasteiger partial charge in [-0.25, -0.2) is 4.68 Å². The van der Waals surface area contributed by atoms with Gasteiger partial charge in [-0.15, -0.1) is 5.10 Å². The van der Waals surface area contributed by atoms with E-state index in [4.69, 9.17) is 12.2 Å². The second-order valence-corrected chi connectivity index (χ2v) is 6.89. The van der Waals surface area contributed by atoms with Gasteiger partial charge in [0.1, 0.15) is 0 Å². The van der Waals surface area contributed by atoms with Crippen molar-refractivity contribution in [2.45, 2.75) is 45.4 Å². The fourth-order valence-electron chi connectivity index (χ4n) is 3.23. The molecule has 0 bridgehead atoms. The largest absolute Gasteiger partial charge is 0.284 e. The lowest BCUT2D eigenvalue weighted by molar-refractivity contribution is 0.243. The molecular weight excluding hydrogens is 322 g/mol. The second-order valence-electron chi connectivity index (χ2n) is 6.52. The van der Waals surface area contributed by atoms with Crippen LogP contribution in [0, 0.1) is 4.77 Å². The Hall–Kier alpha value is -1.99. The quantitative estimate of drug-likeness (QED) is 0.668. The molecule has 126 valence electrons. The zero-order chi connectivity index (χ0) is 16.8. The molecule has 0 aliphatic heterocycles. The second kappa shape index (κ2) is 5.82. The Labute approximate surface area is 144 Å². The normalized spacial score (nSPS) is 15.0. The van der Waals surface area contributed by atoms with Crippen LogP contribution in [0.1, 0.15) is 26.2 Å². The van der Waals surface area contributed by atoms with Gasteiger partial charge in [-0.3, -0.25) is 18.7 Å². The number of para-hydroxylation sites is 1. The number of aromatic nitrogens is 4. The van der Waals surface area contributed by atoms with Crippen molar-refractivity contribution in [3.63, 3.8) is 0 Å². The van der Waals surface area contributed by atoms with E-state index in [0.29, 0.717) is 35.2 Å². The Balaban J connectivity index is 2.00. The first kappa shape index (κ1) is 15.5. The smallest absolute Gasteiger partial charge is 0.262 e. The number of aryl methyl sites for hydroxylation is 1. The number of fused-ring (bicyclic) bond motifs is 3. The van der Waals surface area contributed by atoms with Gasteiger partial charge >= 0.3 is 0 Å². The molecule has 1 saturated carbocycles. The molecule has 3 aromatic rings. The maximum Gasteiger partial charge on any atom is 0.262 e. The third kappa shape index (κ3) is 2.39. The van der Waals surface area contributed by atoms with Crippen molar-refractivity contribution in [2.75, 3.05) is 7.05 Å². The maximum atomic E-state index is 12.8. The molecular formula is C17H21N5OS. The Morgan fingerprint density at radius 1 is 1.33 bits per heavy atom. The van der Waals surface area contributed by atoms with E-state index in [9.17, 15) is 4.79 Å². The van der Waals surface area contributed by atoms with Crippen molar-refractivity contribution in [3.05, 3.63) is 39.4 Å². The number of hydrogen-bond donors (Lipinski definition) is 0. The third-order valence-electron chi connectivity index (χ3n) is 4.66. The van der Waals surface area contributed by atoms with Gasteiger partial charge in [0, 0.05) is 12.6 Å². The topological polar surface area (TPSA) is 47.5 Å². The highest BCUT2D eigenvalue weighted by Gasteiger charge is 2.27. The minimum Gasteiger partial charge on any atom is -0.284 e. The fraction of sp³-hybridized carbons (Fsp3) is 0.471. The van der Waals surface area contributed by atoms with Gasteiger partial charge in [0.2, 0.25) is 10.5 Å². The summed E-state index contributed by atoms with van der Waals surface area (Å²) in [5.74, 6) is 0.634. The maximum absolute atomic E-state index is 12.8. The van der Waals surface area contributed by atoms with E-state index < -0.39 is 0 Å². The highest BCUT2D eigenvalue weighted by Crippen LogP contribution is 2.25. The molecule has 0 amide bonds. The standard InChI is InChI=1S/C17H21N5OS/c1-3-10-20-15(23)13-6-4-5-7-14(13)22-16(20)18-21(17(22)24)11-19(2)12-8-9-12/h4-7,12H,3,8-11H2,1-2H3. The van der Waals surface area contributed by atoms with Crippen molar-refractivity contribution >= 4 is 28.9 Å². The van der Waals surface area contributed by atoms with E-state index in [1.54, 1.807) is 4.57 Å². The van der Waals surface area contributed by atoms with Crippen LogP contribution in [-0.2, 0) is 13.2 Å². The number of hydrogen-bond acceptors (Lipinski definition) is 4. The molecule has 1 aliphatic carbocycles. The Morgan fingerprint density at radius 2 is 2.08 bits per heavy atom. The zero-order valence-electron chi connectivity index (χ0n) is 14.0. The highest BCUT2D eigenvalue weighted by atomic mass is 32.1. The molecule has 1 fully saturated rings. The summed E-state index contributed by atoms with van der Waals surface area (Å²) >= 11 is 5.69. The Bertz CT molecular complexity index is 1030. The van der Waals surface area contributed by atoms with Gasteiger partial charge in [0.15, 0.2) is 0 Å². The zero-order valence-corrected chi connectivity index (χ0v) is 14.8. The van der Waals surface area contributed by atoms with Gasteiger partial charge in [-0.05, 0) is 50.7 Å². The summed E-state index contributed by atoms with van der Waals surface area (Å²) in [5, 5.41) is 5.37. The molecule has 1 aliphatic rings. The van der Waals surface area contributed by atoms with Gasteiger partial charge < -0.3 is 0 Å². The summed E-state index contributed by atoms with van der Waals surface area (Å²) < 4.78 is 6.15. The molecule has 0 spiro atoms. The summed E-state index contributed by atoms with van der Waals surface area (Å²) in [6.07, 6.45) is 3.34. The van der Waals surface area contributed by atoms with Crippen LogP contribution in [0.5, 0.6) is 0 Å². The average molecular weight is 343 g/mol. The van der Waals surface area contributed by atoms with Gasteiger partial charge in [-0.2, -0.15) is 0 Å². The number of rotatable bonds is 5. The highest BCUT2D eigenvalue weighted by molar-refractivity contribution is 7.71. The lowest BCUT2D eigenvalue weighted by Crippen LogP contribution is -2.25. The molecule has 0 saturated heterocycles. The molecule has 0 N–H and O–H groups in total. The minimum atomic E-state index is 0.00245. The summed E-state index contributed by atoms with van der Waals surface area (Å²) in [7, 11) is 2.10. The molecule has 7 heteroatoms. The number of nitrogens with zero attached hydrogens (tertiary/aromatic N) is 5. The van der Waals surface area contributed by atoms with E-state index in [-0.39, 0.29) is 5.56 Å². The Kier molecular flexibility index (Phi) is 3.77. The first-order valence-corrected chi connectivity index (χ1v) is 8.84. The van der Waals surface area contributed by atoms with Gasteiger partial charge in [0.05, 0.1) is 17.6 Å². The monoisotopic (exact) mass is 343 g/mol. The molecule has 2 heterocycles. The van der Waals surface area contributed by atoms with E-state index in [2.05, 4.69) is 24.0 Å². The minimum absolute atomic E-state index is 0.00245. The van der Waals surface area contributed by atoms with Crippen LogP contribution in [0.3, 0.4) is 0 Å². The lowest BCUT2D eigenvalue weighted by Gasteiger charge is -2.14. The van der Waals surface area contributed by atoms with Crippen LogP contribution in [0.2, 0.25) is 0 Å². The van der Waals surface area contributed by atoms with E-state index in [1.807, 2.05) is 33.3 Å². The molecule has 0 unspecified atom stereocenters. The SMILES string of the molecule is CCCn1c(=O)c2ccccc2n2c(=S)n(CN(C)C3CC3)nc12. The van der Waals surface area contributed by atoms with Crippen LogP contribution < -0.4 is 5.56 Å². The van der Waals surface area contributed by atoms with Gasteiger partial charge in [0.25, 0.3) is 5.56 Å². The van der Waals surface area contributed by atoms with Crippen LogP contribution in [-0.4, -0.2) is 36.7 Å². The van der Waals surface area contributed by atoms with Crippen molar-refractivity contribution in [2.24, 2.45) is 0 Å². The molecule has 1 aromatic carbocycles. The lowest BCUT2D eigenvalue weighted by atomic mass is 10.2. The predicted octanol–water partition coefficient (Wildman–Crippen LogP) is 2.64. The van der Waals surface area contributed by atoms with E-state index in [1.165, 1.54) is 12.8 Å². The van der Waals surface area contributed by atoms with Crippen LogP contribution in [0.15, 0.2) is 29.1 Å². The summed E-state index contributed by atoms with van der Waals surface area (Å²) in [6, 6.07) is 8.25. The first-order chi connectivity index (χ1) is 11.6. The molecule has 4 rings (SSSR count). The first-order valence-electron chi connectivity index (χ1n) is 8.43. The van der Waals surface area contributed by atoms with Crippen molar-refractivity contribution in [1.82, 2.24) is 23.6 Å². The van der Waals surface area contributed by atoms with Crippen molar-refractivity contribution in [1.29, 1.82) is 0 Å². The van der Waals surface area contributed by atoms with Crippen LogP contribution in [0.4, 0.5) is 0 Å². The molecule has 24 heavy (non-hydrogen) atoms.